The van der Waals surface area contributed by atoms with E-state index in [1.54, 1.807) is 0 Å². The second-order valence-electron chi connectivity index (χ2n) is 6.69. The fourth-order valence-corrected chi connectivity index (χ4v) is 3.19. The molecule has 0 radical (unpaired) electrons. The van der Waals surface area contributed by atoms with E-state index in [1.807, 2.05) is 56.5 Å². The molecule has 0 aliphatic heterocycles. The van der Waals surface area contributed by atoms with Crippen molar-refractivity contribution in [1.82, 2.24) is 4.98 Å². The first kappa shape index (κ1) is 17.3. The molecule has 1 atom stereocenters. The van der Waals surface area contributed by atoms with E-state index >= 15 is 0 Å². The highest BCUT2D eigenvalue weighted by atomic mass is 32.1. The third kappa shape index (κ3) is 4.73. The Morgan fingerprint density at radius 2 is 1.87 bits per heavy atom. The molecule has 1 unspecified atom stereocenters. The molecule has 0 spiro atoms. The summed E-state index contributed by atoms with van der Waals surface area (Å²) in [6.45, 7) is 5.53. The molecule has 0 aliphatic rings. The van der Waals surface area contributed by atoms with E-state index in [-0.39, 0.29) is 18.6 Å². The van der Waals surface area contributed by atoms with Crippen molar-refractivity contribution in [1.29, 1.82) is 0 Å². The molecule has 4 nitrogen and oxygen atoms in total. The lowest BCUT2D eigenvalue weighted by molar-refractivity contribution is -0.147. The Bertz CT molecular complexity index is 686. The zero-order chi connectivity index (χ0) is 17.0. The van der Waals surface area contributed by atoms with Crippen molar-refractivity contribution in [2.75, 3.05) is 0 Å². The molecule has 5 heteroatoms. The summed E-state index contributed by atoms with van der Waals surface area (Å²) in [6.07, 6.45) is 0.222. The van der Waals surface area contributed by atoms with Gasteiger partial charge in [-0.15, -0.1) is 11.3 Å². The number of aromatic nitrogens is 1. The van der Waals surface area contributed by atoms with Gasteiger partial charge in [-0.3, -0.25) is 9.59 Å². The first-order chi connectivity index (χ1) is 10.8. The van der Waals surface area contributed by atoms with E-state index in [2.05, 4.69) is 4.98 Å². The maximum absolute atomic E-state index is 12.2. The lowest BCUT2D eigenvalue weighted by Crippen LogP contribution is -2.31. The van der Waals surface area contributed by atoms with Crippen LogP contribution in [-0.4, -0.2) is 21.8 Å². The number of hydrogen-bond acceptors (Lipinski definition) is 4. The number of Topliss-reactive ketones (excluding diaryl/α,β-unsaturated/α-hetero) is 1. The number of rotatable bonds is 6. The van der Waals surface area contributed by atoms with E-state index in [0.717, 1.165) is 10.6 Å². The number of carboxylic acid groups (broad SMARTS) is 1. The van der Waals surface area contributed by atoms with Crippen LogP contribution in [0.2, 0.25) is 0 Å². The molecule has 2 rings (SSSR count). The van der Waals surface area contributed by atoms with Gasteiger partial charge in [-0.1, -0.05) is 51.1 Å². The molecule has 0 saturated heterocycles. The zero-order valence-corrected chi connectivity index (χ0v) is 14.4. The first-order valence-corrected chi connectivity index (χ1v) is 8.39. The summed E-state index contributed by atoms with van der Waals surface area (Å²) in [5, 5.41) is 12.1. The summed E-state index contributed by atoms with van der Waals surface area (Å²) in [7, 11) is 0. The number of nitrogens with zero attached hydrogens (tertiary/aromatic N) is 1. The van der Waals surface area contributed by atoms with E-state index in [9.17, 15) is 14.7 Å². The Balaban J connectivity index is 2.04. The molecular formula is C18H21NO3S. The van der Waals surface area contributed by atoms with Gasteiger partial charge in [0.25, 0.3) is 0 Å². The Morgan fingerprint density at radius 3 is 2.43 bits per heavy atom. The van der Waals surface area contributed by atoms with E-state index in [0.29, 0.717) is 5.69 Å². The molecule has 122 valence electrons. The van der Waals surface area contributed by atoms with Crippen molar-refractivity contribution in [3.8, 4) is 10.6 Å². The van der Waals surface area contributed by atoms with Crippen LogP contribution in [0.3, 0.4) is 0 Å². The SMILES string of the molecule is CC(C)(C)C(CC(=O)Cc1csc(-c2ccccc2)n1)C(=O)O. The van der Waals surface area contributed by atoms with Gasteiger partial charge in [0, 0.05) is 23.8 Å². The van der Waals surface area contributed by atoms with Gasteiger partial charge in [-0.05, 0) is 5.41 Å². The van der Waals surface area contributed by atoms with Crippen LogP contribution in [0.1, 0.15) is 32.9 Å². The van der Waals surface area contributed by atoms with Gasteiger partial charge in [0.1, 0.15) is 10.8 Å². The molecule has 1 N–H and O–H groups in total. The number of hydrogen-bond donors (Lipinski definition) is 1. The van der Waals surface area contributed by atoms with Crippen molar-refractivity contribution in [2.45, 2.75) is 33.6 Å². The average Bonchev–Trinajstić information content (AvgIpc) is 2.92. The minimum Gasteiger partial charge on any atom is -0.481 e. The van der Waals surface area contributed by atoms with Gasteiger partial charge in [-0.2, -0.15) is 0 Å². The Kier molecular flexibility index (Phi) is 5.31. The Labute approximate surface area is 140 Å². The first-order valence-electron chi connectivity index (χ1n) is 7.51. The fraction of sp³-hybridized carbons (Fsp3) is 0.389. The predicted octanol–water partition coefficient (Wildman–Crippen LogP) is 4.06. The lowest BCUT2D eigenvalue weighted by atomic mass is 9.77. The number of ketones is 1. The average molecular weight is 331 g/mol. The number of carbonyl (C=O) groups excluding carboxylic acids is 1. The maximum atomic E-state index is 12.2. The second kappa shape index (κ2) is 7.04. The number of carbonyl (C=O) groups is 2. The topological polar surface area (TPSA) is 67.3 Å². The van der Waals surface area contributed by atoms with Crippen molar-refractivity contribution < 1.29 is 14.7 Å². The Hall–Kier alpha value is -2.01. The molecule has 0 aliphatic carbocycles. The summed E-state index contributed by atoms with van der Waals surface area (Å²) in [5.74, 6) is -1.69. The molecule has 23 heavy (non-hydrogen) atoms. The van der Waals surface area contributed by atoms with Crippen LogP contribution in [0.25, 0.3) is 10.6 Å². The summed E-state index contributed by atoms with van der Waals surface area (Å²) < 4.78 is 0. The van der Waals surface area contributed by atoms with Gasteiger partial charge >= 0.3 is 5.97 Å². The van der Waals surface area contributed by atoms with Gasteiger partial charge in [0.05, 0.1) is 11.6 Å². The van der Waals surface area contributed by atoms with Crippen LogP contribution in [-0.2, 0) is 16.0 Å². The predicted molar refractivity (Wildman–Crippen MR) is 91.5 cm³/mol. The number of benzene rings is 1. The van der Waals surface area contributed by atoms with Crippen molar-refractivity contribution in [3.63, 3.8) is 0 Å². The standard InChI is InChI=1S/C18H21NO3S/c1-18(2,3)15(17(21)22)10-14(20)9-13-11-23-16(19-13)12-7-5-4-6-8-12/h4-8,11,15H,9-10H2,1-3H3,(H,21,22). The zero-order valence-electron chi connectivity index (χ0n) is 13.6. The molecule has 0 bridgehead atoms. The molecule has 0 saturated carbocycles. The number of thiazole rings is 1. The normalized spacial score (nSPS) is 12.8. The van der Waals surface area contributed by atoms with E-state index in [1.165, 1.54) is 11.3 Å². The highest BCUT2D eigenvalue weighted by molar-refractivity contribution is 7.13. The minimum absolute atomic E-state index is 0.0387. The summed E-state index contributed by atoms with van der Waals surface area (Å²) in [6, 6.07) is 9.79. The maximum Gasteiger partial charge on any atom is 0.307 e. The van der Waals surface area contributed by atoms with Crippen LogP contribution in [0.4, 0.5) is 0 Å². The quantitative estimate of drug-likeness (QED) is 0.867. The Morgan fingerprint density at radius 1 is 1.22 bits per heavy atom. The van der Waals surface area contributed by atoms with Crippen molar-refractivity contribution in [2.24, 2.45) is 11.3 Å². The number of aliphatic carboxylic acids is 1. The molecule has 1 heterocycles. The number of carboxylic acids is 1. The molecule has 0 fully saturated rings. The van der Waals surface area contributed by atoms with Gasteiger partial charge in [-0.25, -0.2) is 4.98 Å². The summed E-state index contributed by atoms with van der Waals surface area (Å²) in [4.78, 5) is 28.1. The third-order valence-corrected chi connectivity index (χ3v) is 4.67. The largest absolute Gasteiger partial charge is 0.481 e. The van der Waals surface area contributed by atoms with Crippen molar-refractivity contribution in [3.05, 3.63) is 41.4 Å². The fourth-order valence-electron chi connectivity index (χ4n) is 2.37. The second-order valence-corrected chi connectivity index (χ2v) is 7.54. The highest BCUT2D eigenvalue weighted by Gasteiger charge is 2.33. The van der Waals surface area contributed by atoms with Gasteiger partial charge in [0.15, 0.2) is 0 Å². The van der Waals surface area contributed by atoms with Crippen LogP contribution in [0.5, 0.6) is 0 Å². The van der Waals surface area contributed by atoms with Gasteiger partial charge < -0.3 is 5.11 Å². The third-order valence-electron chi connectivity index (χ3n) is 3.73. The smallest absolute Gasteiger partial charge is 0.307 e. The molecule has 1 aromatic heterocycles. The van der Waals surface area contributed by atoms with Crippen molar-refractivity contribution >= 4 is 23.1 Å². The minimum atomic E-state index is -0.922. The van der Waals surface area contributed by atoms with E-state index in [4.69, 9.17) is 0 Å². The molecule has 1 aromatic carbocycles. The lowest BCUT2D eigenvalue weighted by Gasteiger charge is -2.26. The summed E-state index contributed by atoms with van der Waals surface area (Å²) >= 11 is 1.50. The van der Waals surface area contributed by atoms with Gasteiger partial charge in [0.2, 0.25) is 0 Å². The van der Waals surface area contributed by atoms with E-state index < -0.39 is 17.3 Å². The van der Waals surface area contributed by atoms with Crippen LogP contribution >= 0.6 is 11.3 Å². The molecular weight excluding hydrogens is 310 g/mol. The monoisotopic (exact) mass is 331 g/mol. The molecule has 0 amide bonds. The van der Waals surface area contributed by atoms with Crippen LogP contribution in [0, 0.1) is 11.3 Å². The highest BCUT2D eigenvalue weighted by Crippen LogP contribution is 2.30. The van der Waals surface area contributed by atoms with Crippen LogP contribution in [0.15, 0.2) is 35.7 Å². The summed E-state index contributed by atoms with van der Waals surface area (Å²) in [5.41, 5.74) is 1.28. The molecule has 2 aromatic rings. The van der Waals surface area contributed by atoms with Crippen LogP contribution < -0.4 is 0 Å².